The molecule has 0 aliphatic carbocycles. The lowest BCUT2D eigenvalue weighted by molar-refractivity contribution is -0.153. The topological polar surface area (TPSA) is 117 Å². The van der Waals surface area contributed by atoms with Crippen LogP contribution in [0.1, 0.15) is 30.0 Å². The Hall–Kier alpha value is -3.41. The van der Waals surface area contributed by atoms with Crippen LogP contribution in [-0.2, 0) is 22.7 Å². The number of nitriles is 1. The Morgan fingerprint density at radius 3 is 2.38 bits per heavy atom. The fraction of sp³-hybridized carbons (Fsp3) is 0.423. The maximum atomic E-state index is 12.6. The lowest BCUT2D eigenvalue weighted by Crippen LogP contribution is -2.51. The lowest BCUT2D eigenvalue weighted by Gasteiger charge is -2.38. The highest BCUT2D eigenvalue weighted by Crippen LogP contribution is 2.29. The molecule has 0 spiro atoms. The average Bonchev–Trinajstić information content (AvgIpc) is 3.30. The number of hydrogen-bond donors (Lipinski definition) is 3. The van der Waals surface area contributed by atoms with Gasteiger partial charge < -0.3 is 25.3 Å². The van der Waals surface area contributed by atoms with Gasteiger partial charge in [-0.25, -0.2) is 0 Å². The molecule has 2 aromatic carbocycles. The number of fused-ring (bicyclic) bond motifs is 1. The number of carbonyl (C=O) groups excluding carboxylic acids is 2. The van der Waals surface area contributed by atoms with Gasteiger partial charge in [0.15, 0.2) is 12.2 Å². The summed E-state index contributed by atoms with van der Waals surface area (Å²) < 4.78 is 0. The molecule has 2 heterocycles. The molecule has 2 aliphatic rings. The predicted molar refractivity (Wildman–Crippen MR) is 126 cm³/mol. The van der Waals surface area contributed by atoms with Gasteiger partial charge in [0.25, 0.3) is 11.8 Å². The average molecular weight is 463 g/mol. The van der Waals surface area contributed by atoms with Crippen LogP contribution in [-0.4, -0.2) is 58.8 Å². The van der Waals surface area contributed by atoms with Crippen LogP contribution in [0.5, 0.6) is 0 Å². The van der Waals surface area contributed by atoms with E-state index in [2.05, 4.69) is 23.2 Å². The molecule has 0 saturated carbocycles. The molecule has 0 aromatic heterocycles. The molecule has 1 saturated heterocycles. The second-order valence-electron chi connectivity index (χ2n) is 9.20. The fourth-order valence-corrected chi connectivity index (χ4v) is 4.85. The first-order chi connectivity index (χ1) is 16.4. The van der Waals surface area contributed by atoms with Crippen molar-refractivity contribution in [1.82, 2.24) is 10.2 Å². The zero-order valence-corrected chi connectivity index (χ0v) is 19.2. The van der Waals surface area contributed by atoms with Gasteiger partial charge in [-0.2, -0.15) is 5.26 Å². The highest BCUT2D eigenvalue weighted by atomic mass is 16.3. The molecule has 2 aromatic rings. The molecule has 8 nitrogen and oxygen atoms in total. The molecular weight excluding hydrogens is 432 g/mol. The van der Waals surface area contributed by atoms with Gasteiger partial charge in [-0.05, 0) is 41.5 Å². The number of piperidine rings is 1. The third-order valence-corrected chi connectivity index (χ3v) is 6.96. The minimum Gasteiger partial charge on any atom is -0.380 e. The number of amides is 2. The Morgan fingerprint density at radius 1 is 1.09 bits per heavy atom. The van der Waals surface area contributed by atoms with Crippen molar-refractivity contribution < 1.29 is 19.8 Å². The molecule has 0 bridgehead atoms. The Morgan fingerprint density at radius 2 is 1.74 bits per heavy atom. The molecule has 2 aliphatic heterocycles. The maximum Gasteiger partial charge on any atom is 0.255 e. The third kappa shape index (κ3) is 4.91. The molecule has 8 heteroatoms. The monoisotopic (exact) mass is 462 g/mol. The molecule has 4 atom stereocenters. The highest BCUT2D eigenvalue weighted by molar-refractivity contribution is 5.91. The molecule has 4 rings (SSSR count). The third-order valence-electron chi connectivity index (χ3n) is 6.96. The molecule has 34 heavy (non-hydrogen) atoms. The minimum absolute atomic E-state index is 0.183. The van der Waals surface area contributed by atoms with Crippen LogP contribution in [0.2, 0.25) is 0 Å². The Bertz CT molecular complexity index is 1070. The number of aliphatic hydroxyl groups excluding tert-OH is 2. The van der Waals surface area contributed by atoms with Crippen LogP contribution in [0.3, 0.4) is 0 Å². The van der Waals surface area contributed by atoms with E-state index in [9.17, 15) is 25.1 Å². The fourth-order valence-electron chi connectivity index (χ4n) is 4.85. The standard InChI is InChI=1S/C26H30N4O4/c1-17-14-29(22-9-5-4-6-18(22)12-27)11-10-19(17)13-28-25(33)23(31)24(32)26(34)30-15-20-7-2-3-8-21(20)16-30/h2-9,17,19,23-24,31-32H,10-11,13-16H2,1H3,(H,28,33). The summed E-state index contributed by atoms with van der Waals surface area (Å²) >= 11 is 0. The Kier molecular flexibility index (Phi) is 7.15. The molecule has 178 valence electrons. The molecular formula is C26H30N4O4. The van der Waals surface area contributed by atoms with E-state index in [1.807, 2.05) is 42.5 Å². The van der Waals surface area contributed by atoms with Crippen molar-refractivity contribution in [3.8, 4) is 6.07 Å². The highest BCUT2D eigenvalue weighted by Gasteiger charge is 2.36. The summed E-state index contributed by atoms with van der Waals surface area (Å²) in [5, 5.41) is 32.8. The van der Waals surface area contributed by atoms with Gasteiger partial charge in [0.05, 0.1) is 11.3 Å². The smallest absolute Gasteiger partial charge is 0.255 e. The van der Waals surface area contributed by atoms with E-state index in [1.54, 1.807) is 6.07 Å². The summed E-state index contributed by atoms with van der Waals surface area (Å²) in [6.45, 7) is 4.65. The number of nitrogens with zero attached hydrogens (tertiary/aromatic N) is 3. The van der Waals surface area contributed by atoms with Gasteiger partial charge in [0.1, 0.15) is 6.07 Å². The van der Waals surface area contributed by atoms with Crippen LogP contribution in [0.15, 0.2) is 48.5 Å². The molecule has 0 radical (unpaired) electrons. The van der Waals surface area contributed by atoms with Gasteiger partial charge in [0.2, 0.25) is 0 Å². The maximum absolute atomic E-state index is 12.6. The minimum atomic E-state index is -1.82. The van der Waals surface area contributed by atoms with Crippen molar-refractivity contribution in [2.24, 2.45) is 11.8 Å². The van der Waals surface area contributed by atoms with E-state index in [4.69, 9.17) is 0 Å². The van der Waals surface area contributed by atoms with E-state index in [0.717, 1.165) is 36.3 Å². The van der Waals surface area contributed by atoms with E-state index in [1.165, 1.54) is 4.90 Å². The SMILES string of the molecule is CC1CN(c2ccccc2C#N)CCC1CNC(=O)C(O)C(O)C(=O)N1Cc2ccccc2C1. The summed E-state index contributed by atoms with van der Waals surface area (Å²) in [6, 6.07) is 17.4. The van der Waals surface area contributed by atoms with Crippen molar-refractivity contribution in [1.29, 1.82) is 5.26 Å². The number of anilines is 1. The zero-order chi connectivity index (χ0) is 24.2. The summed E-state index contributed by atoms with van der Waals surface area (Å²) in [5.74, 6) is -0.978. The normalized spacial score (nSPS) is 21.4. The second-order valence-corrected chi connectivity index (χ2v) is 9.20. The first-order valence-corrected chi connectivity index (χ1v) is 11.6. The Labute approximate surface area is 199 Å². The Balaban J connectivity index is 1.27. The van der Waals surface area contributed by atoms with Crippen LogP contribution >= 0.6 is 0 Å². The van der Waals surface area contributed by atoms with Crippen LogP contribution < -0.4 is 10.2 Å². The number of benzene rings is 2. The van der Waals surface area contributed by atoms with E-state index in [0.29, 0.717) is 25.2 Å². The summed E-state index contributed by atoms with van der Waals surface area (Å²) in [7, 11) is 0. The van der Waals surface area contributed by atoms with E-state index >= 15 is 0 Å². The number of aliphatic hydroxyl groups is 2. The largest absolute Gasteiger partial charge is 0.380 e. The predicted octanol–water partition coefficient (Wildman–Crippen LogP) is 1.40. The van der Waals surface area contributed by atoms with Gasteiger partial charge in [0, 0.05) is 32.7 Å². The molecule has 3 N–H and O–H groups in total. The van der Waals surface area contributed by atoms with Gasteiger partial charge in [-0.3, -0.25) is 9.59 Å². The summed E-state index contributed by atoms with van der Waals surface area (Å²) in [5.41, 5.74) is 3.56. The number of carbonyl (C=O) groups is 2. The van der Waals surface area contributed by atoms with Crippen LogP contribution in [0.25, 0.3) is 0 Å². The van der Waals surface area contributed by atoms with Crippen LogP contribution in [0, 0.1) is 23.2 Å². The molecule has 1 fully saturated rings. The number of hydrogen-bond acceptors (Lipinski definition) is 6. The van der Waals surface area contributed by atoms with Crippen molar-refractivity contribution in [2.45, 2.75) is 38.6 Å². The van der Waals surface area contributed by atoms with Gasteiger partial charge in [-0.15, -0.1) is 0 Å². The summed E-state index contributed by atoms with van der Waals surface area (Å²) in [4.78, 5) is 28.8. The van der Waals surface area contributed by atoms with E-state index in [-0.39, 0.29) is 11.8 Å². The zero-order valence-electron chi connectivity index (χ0n) is 19.2. The van der Waals surface area contributed by atoms with Gasteiger partial charge in [-0.1, -0.05) is 43.3 Å². The molecule has 2 amide bonds. The number of para-hydroxylation sites is 1. The first-order valence-electron chi connectivity index (χ1n) is 11.6. The van der Waals surface area contributed by atoms with E-state index < -0.39 is 24.0 Å². The first kappa shape index (κ1) is 23.7. The van der Waals surface area contributed by atoms with Gasteiger partial charge >= 0.3 is 0 Å². The quantitative estimate of drug-likeness (QED) is 0.598. The summed E-state index contributed by atoms with van der Waals surface area (Å²) in [6.07, 6.45) is -2.82. The number of rotatable bonds is 6. The van der Waals surface area contributed by atoms with Crippen molar-refractivity contribution in [2.75, 3.05) is 24.5 Å². The molecule has 4 unspecified atom stereocenters. The van der Waals surface area contributed by atoms with Crippen molar-refractivity contribution in [3.05, 3.63) is 65.2 Å². The lowest BCUT2D eigenvalue weighted by atomic mass is 9.86. The second kappa shape index (κ2) is 10.2. The van der Waals surface area contributed by atoms with Crippen molar-refractivity contribution >= 4 is 17.5 Å². The number of nitrogens with one attached hydrogen (secondary N) is 1. The van der Waals surface area contributed by atoms with Crippen molar-refractivity contribution in [3.63, 3.8) is 0 Å². The van der Waals surface area contributed by atoms with Crippen LogP contribution in [0.4, 0.5) is 5.69 Å².